The molecule has 1 aromatic carbocycles. The number of thioether (sulfide) groups is 1. The Labute approximate surface area is 126 Å². The first kappa shape index (κ1) is 16.3. The van der Waals surface area contributed by atoms with Crippen LogP contribution in [-0.2, 0) is 4.43 Å². The lowest BCUT2D eigenvalue weighted by Gasteiger charge is -2.32. The van der Waals surface area contributed by atoms with Crippen LogP contribution in [0.4, 0.5) is 0 Å². The predicted molar refractivity (Wildman–Crippen MR) is 88.1 cm³/mol. The van der Waals surface area contributed by atoms with Gasteiger partial charge in [0.2, 0.25) is 0 Å². The highest BCUT2D eigenvalue weighted by atomic mass is 79.9. The van der Waals surface area contributed by atoms with Gasteiger partial charge in [-0.25, -0.2) is 0 Å². The number of rotatable bonds is 5. The third kappa shape index (κ3) is 5.91. The van der Waals surface area contributed by atoms with Gasteiger partial charge in [-0.2, -0.15) is 0 Å². The molecule has 1 atom stereocenters. The monoisotopic (exact) mass is 346 g/mol. The van der Waals surface area contributed by atoms with Crippen LogP contribution in [-0.4, -0.2) is 20.9 Å². The van der Waals surface area contributed by atoms with Gasteiger partial charge < -0.3 is 4.43 Å². The minimum atomic E-state index is -0.983. The van der Waals surface area contributed by atoms with Crippen LogP contribution in [0, 0.1) is 5.41 Å². The second kappa shape index (κ2) is 7.13. The van der Waals surface area contributed by atoms with Crippen molar-refractivity contribution in [3.8, 4) is 0 Å². The fraction of sp³-hybridized carbons (Fsp3) is 0.571. The maximum Gasteiger partial charge on any atom is 0.171 e. The topological polar surface area (TPSA) is 9.23 Å². The van der Waals surface area contributed by atoms with Crippen molar-refractivity contribution in [1.29, 1.82) is 0 Å². The van der Waals surface area contributed by atoms with E-state index in [0.29, 0.717) is 6.10 Å². The predicted octanol–water partition coefficient (Wildman–Crippen LogP) is 4.96. The Kier molecular flexibility index (Phi) is 6.45. The normalized spacial score (nSPS) is 13.9. The number of halogens is 1. The summed E-state index contributed by atoms with van der Waals surface area (Å²) in [6, 6.07) is 8.49. The Morgan fingerprint density at radius 2 is 1.78 bits per heavy atom. The summed E-state index contributed by atoms with van der Waals surface area (Å²) in [4.78, 5) is 1.31. The van der Waals surface area contributed by atoms with Crippen molar-refractivity contribution in [2.45, 2.75) is 44.9 Å². The summed E-state index contributed by atoms with van der Waals surface area (Å²) in [5, 5.41) is 0. The minimum absolute atomic E-state index is 0.208. The van der Waals surface area contributed by atoms with Gasteiger partial charge in [-0.1, -0.05) is 36.7 Å². The molecule has 0 bridgehead atoms. The summed E-state index contributed by atoms with van der Waals surface area (Å²) in [7, 11) is -0.983. The van der Waals surface area contributed by atoms with Gasteiger partial charge in [-0.3, -0.25) is 0 Å². The SMILES string of the molecule is C[SiH](C)OC(CSc1ccc(Br)cc1)C(C)(C)C. The first-order valence-corrected chi connectivity index (χ1v) is 10.9. The molecule has 0 saturated carbocycles. The highest BCUT2D eigenvalue weighted by Gasteiger charge is 2.26. The molecule has 0 aliphatic rings. The quantitative estimate of drug-likeness (QED) is 0.550. The Bertz CT molecular complexity index is 359. The molecule has 0 radical (unpaired) electrons. The lowest BCUT2D eigenvalue weighted by atomic mass is 9.90. The van der Waals surface area contributed by atoms with Gasteiger partial charge in [0, 0.05) is 15.1 Å². The van der Waals surface area contributed by atoms with E-state index in [-0.39, 0.29) is 5.41 Å². The molecule has 1 nitrogen and oxygen atoms in total. The van der Waals surface area contributed by atoms with Crippen LogP contribution in [0.15, 0.2) is 33.6 Å². The molecule has 102 valence electrons. The Balaban J connectivity index is 2.59. The fourth-order valence-corrected chi connectivity index (χ4v) is 4.34. The average Bonchev–Trinajstić information content (AvgIpc) is 2.24. The minimum Gasteiger partial charge on any atom is -0.416 e. The lowest BCUT2D eigenvalue weighted by molar-refractivity contribution is 0.108. The Morgan fingerprint density at radius 1 is 1.22 bits per heavy atom. The van der Waals surface area contributed by atoms with Crippen molar-refractivity contribution < 1.29 is 4.43 Å². The van der Waals surface area contributed by atoms with Crippen molar-refractivity contribution in [3.05, 3.63) is 28.7 Å². The number of hydrogen-bond acceptors (Lipinski definition) is 2. The average molecular weight is 347 g/mol. The highest BCUT2D eigenvalue weighted by Crippen LogP contribution is 2.29. The third-order valence-electron chi connectivity index (χ3n) is 2.62. The molecule has 0 aliphatic heterocycles. The van der Waals surface area contributed by atoms with E-state index >= 15 is 0 Å². The Hall–Kier alpha value is 0.227. The van der Waals surface area contributed by atoms with Crippen molar-refractivity contribution in [3.63, 3.8) is 0 Å². The van der Waals surface area contributed by atoms with Gasteiger partial charge in [0.1, 0.15) is 0 Å². The van der Waals surface area contributed by atoms with E-state index in [1.807, 2.05) is 11.8 Å². The van der Waals surface area contributed by atoms with Crippen LogP contribution in [0.5, 0.6) is 0 Å². The first-order valence-electron chi connectivity index (χ1n) is 6.33. The summed E-state index contributed by atoms with van der Waals surface area (Å²) in [5.74, 6) is 1.02. The molecular formula is C14H23BrOSSi. The maximum atomic E-state index is 6.17. The molecule has 1 rings (SSSR count). The maximum absolute atomic E-state index is 6.17. The number of hydrogen-bond donors (Lipinski definition) is 0. The van der Waals surface area contributed by atoms with Crippen LogP contribution < -0.4 is 0 Å². The molecule has 0 aliphatic carbocycles. The molecule has 1 aromatic rings. The van der Waals surface area contributed by atoms with E-state index in [2.05, 4.69) is 74.1 Å². The summed E-state index contributed by atoms with van der Waals surface area (Å²) in [6.45, 7) is 11.3. The van der Waals surface area contributed by atoms with Gasteiger partial charge >= 0.3 is 0 Å². The molecule has 0 saturated heterocycles. The second-order valence-corrected chi connectivity index (χ2v) is 10.2. The van der Waals surface area contributed by atoms with Crippen LogP contribution in [0.1, 0.15) is 20.8 Å². The largest absolute Gasteiger partial charge is 0.416 e. The zero-order valence-electron chi connectivity index (χ0n) is 11.9. The van der Waals surface area contributed by atoms with Crippen LogP contribution in [0.2, 0.25) is 13.1 Å². The molecule has 18 heavy (non-hydrogen) atoms. The molecule has 0 aromatic heterocycles. The molecule has 4 heteroatoms. The molecule has 0 amide bonds. The van der Waals surface area contributed by atoms with Crippen LogP contribution in [0.3, 0.4) is 0 Å². The molecular weight excluding hydrogens is 324 g/mol. The first-order chi connectivity index (χ1) is 8.29. The molecule has 0 spiro atoms. The zero-order chi connectivity index (χ0) is 13.8. The third-order valence-corrected chi connectivity index (χ3v) is 5.09. The Morgan fingerprint density at radius 3 is 2.22 bits per heavy atom. The van der Waals surface area contributed by atoms with Crippen LogP contribution >= 0.6 is 27.7 Å². The molecule has 0 fully saturated rings. The van der Waals surface area contributed by atoms with Crippen molar-refractivity contribution in [1.82, 2.24) is 0 Å². The van der Waals surface area contributed by atoms with E-state index in [9.17, 15) is 0 Å². The second-order valence-electron chi connectivity index (χ2n) is 5.80. The van der Waals surface area contributed by atoms with Crippen molar-refractivity contribution in [2.75, 3.05) is 5.75 Å². The lowest BCUT2D eigenvalue weighted by Crippen LogP contribution is -2.35. The standard InChI is InChI=1S/C14H23BrOSSi/c1-14(2,3)13(16-18(4)5)10-17-12-8-6-11(15)7-9-12/h6-9,13,18H,10H2,1-5H3. The zero-order valence-corrected chi connectivity index (χ0v) is 15.4. The highest BCUT2D eigenvalue weighted by molar-refractivity contribution is 9.10. The van der Waals surface area contributed by atoms with Gasteiger partial charge in [0.15, 0.2) is 9.04 Å². The van der Waals surface area contributed by atoms with Gasteiger partial charge in [-0.05, 0) is 42.8 Å². The molecule has 0 N–H and O–H groups in total. The summed E-state index contributed by atoms with van der Waals surface area (Å²) in [6.07, 6.45) is 0.331. The van der Waals surface area contributed by atoms with E-state index in [0.717, 1.165) is 10.2 Å². The summed E-state index contributed by atoms with van der Waals surface area (Å²) >= 11 is 5.34. The summed E-state index contributed by atoms with van der Waals surface area (Å²) < 4.78 is 7.30. The van der Waals surface area contributed by atoms with Gasteiger partial charge in [-0.15, -0.1) is 11.8 Å². The van der Waals surface area contributed by atoms with E-state index in [1.54, 1.807) is 0 Å². The van der Waals surface area contributed by atoms with E-state index in [4.69, 9.17) is 4.43 Å². The van der Waals surface area contributed by atoms with Gasteiger partial charge in [0.05, 0.1) is 6.10 Å². The summed E-state index contributed by atoms with van der Waals surface area (Å²) in [5.41, 5.74) is 0.208. The van der Waals surface area contributed by atoms with E-state index < -0.39 is 9.04 Å². The van der Waals surface area contributed by atoms with Crippen molar-refractivity contribution in [2.24, 2.45) is 5.41 Å². The van der Waals surface area contributed by atoms with Crippen molar-refractivity contribution >= 4 is 36.7 Å². The molecule has 1 unspecified atom stereocenters. The van der Waals surface area contributed by atoms with Gasteiger partial charge in [0.25, 0.3) is 0 Å². The van der Waals surface area contributed by atoms with Crippen LogP contribution in [0.25, 0.3) is 0 Å². The fourth-order valence-electron chi connectivity index (χ4n) is 1.52. The smallest absolute Gasteiger partial charge is 0.171 e. The van der Waals surface area contributed by atoms with E-state index in [1.165, 1.54) is 4.90 Å². The molecule has 0 heterocycles. The number of benzene rings is 1.